The number of hydrogen-bond acceptors (Lipinski definition) is 2. The fourth-order valence-corrected chi connectivity index (χ4v) is 4.31. The topological polar surface area (TPSA) is 34.1 Å². The van der Waals surface area contributed by atoms with Gasteiger partial charge in [-0.05, 0) is 43.2 Å². The molecule has 0 radical (unpaired) electrons. The van der Waals surface area contributed by atoms with Crippen LogP contribution < -0.4 is 0 Å². The van der Waals surface area contributed by atoms with E-state index in [9.17, 15) is 9.00 Å². The third kappa shape index (κ3) is 3.38. The highest BCUT2D eigenvalue weighted by atomic mass is 32.2. The fraction of sp³-hybridized carbons (Fsp3) is 0.588. The molecule has 0 aliphatic heterocycles. The average molecular weight is 292 g/mol. The molecular weight excluding hydrogens is 268 g/mol. The highest BCUT2D eigenvalue weighted by Crippen LogP contribution is 2.38. The maximum absolute atomic E-state index is 12.7. The van der Waals surface area contributed by atoms with Crippen molar-refractivity contribution in [2.45, 2.75) is 57.1 Å². The van der Waals surface area contributed by atoms with Crippen molar-refractivity contribution < 1.29 is 9.00 Å². The summed E-state index contributed by atoms with van der Waals surface area (Å²) in [5.74, 6) is 0.643. The summed E-state index contributed by atoms with van der Waals surface area (Å²) in [5, 5.41) is -0.323. The minimum Gasteiger partial charge on any atom is -0.298 e. The second-order valence-electron chi connectivity index (χ2n) is 6.90. The van der Waals surface area contributed by atoms with Crippen LogP contribution in [0, 0.1) is 18.3 Å². The van der Waals surface area contributed by atoms with Crippen LogP contribution in [0.4, 0.5) is 0 Å². The zero-order valence-electron chi connectivity index (χ0n) is 12.8. The van der Waals surface area contributed by atoms with Crippen LogP contribution >= 0.6 is 0 Å². The molecule has 0 N–H and O–H groups in total. The number of carbonyl (C=O) groups excluding carboxylic acids is 1. The molecule has 0 spiro atoms. The summed E-state index contributed by atoms with van der Waals surface area (Å²) >= 11 is 0. The summed E-state index contributed by atoms with van der Waals surface area (Å²) in [5.41, 5.74) is 1.32. The van der Waals surface area contributed by atoms with Crippen molar-refractivity contribution in [1.82, 2.24) is 0 Å². The number of carbonyl (C=O) groups is 1. The molecule has 1 fully saturated rings. The molecule has 0 bridgehead atoms. The van der Waals surface area contributed by atoms with Crippen LogP contribution in [0.3, 0.4) is 0 Å². The molecule has 1 aliphatic rings. The lowest BCUT2D eigenvalue weighted by atomic mass is 9.72. The molecule has 0 saturated heterocycles. The van der Waals surface area contributed by atoms with Gasteiger partial charge < -0.3 is 0 Å². The zero-order valence-corrected chi connectivity index (χ0v) is 13.6. The first kappa shape index (κ1) is 15.4. The van der Waals surface area contributed by atoms with E-state index >= 15 is 0 Å². The molecule has 1 saturated carbocycles. The van der Waals surface area contributed by atoms with Crippen LogP contribution in [0.25, 0.3) is 0 Å². The molecule has 110 valence electrons. The minimum atomic E-state index is -1.21. The molecule has 3 heteroatoms. The number of ketones is 1. The van der Waals surface area contributed by atoms with Crippen molar-refractivity contribution in [3.63, 3.8) is 0 Å². The normalized spacial score (nSPS) is 25.5. The van der Waals surface area contributed by atoms with Crippen molar-refractivity contribution in [2.75, 3.05) is 0 Å². The van der Waals surface area contributed by atoms with Crippen molar-refractivity contribution >= 4 is 16.6 Å². The van der Waals surface area contributed by atoms with E-state index in [2.05, 4.69) is 20.8 Å². The molecule has 0 aromatic heterocycles. The summed E-state index contributed by atoms with van der Waals surface area (Å²) in [7, 11) is -1.21. The van der Waals surface area contributed by atoms with E-state index in [1.165, 1.54) is 0 Å². The van der Waals surface area contributed by atoms with E-state index in [1.807, 2.05) is 31.2 Å². The van der Waals surface area contributed by atoms with Gasteiger partial charge in [0.2, 0.25) is 0 Å². The quantitative estimate of drug-likeness (QED) is 0.829. The first-order valence-electron chi connectivity index (χ1n) is 7.29. The Bertz CT molecular complexity index is 511. The van der Waals surface area contributed by atoms with Crippen LogP contribution in [-0.4, -0.2) is 15.2 Å². The summed E-state index contributed by atoms with van der Waals surface area (Å²) in [6.45, 7) is 8.63. The van der Waals surface area contributed by atoms with E-state index in [0.717, 1.165) is 23.3 Å². The van der Waals surface area contributed by atoms with E-state index in [-0.39, 0.29) is 16.4 Å². The van der Waals surface area contributed by atoms with E-state index in [4.69, 9.17) is 0 Å². The van der Waals surface area contributed by atoms with Gasteiger partial charge in [0, 0.05) is 11.3 Å². The van der Waals surface area contributed by atoms with E-state index in [1.54, 1.807) is 0 Å². The molecule has 1 unspecified atom stereocenters. The molecule has 1 aliphatic carbocycles. The lowest BCUT2D eigenvalue weighted by molar-refractivity contribution is -0.121. The van der Waals surface area contributed by atoms with E-state index in [0.29, 0.717) is 12.3 Å². The van der Waals surface area contributed by atoms with Gasteiger partial charge in [0.15, 0.2) is 0 Å². The van der Waals surface area contributed by atoms with Crippen LogP contribution in [0.15, 0.2) is 29.2 Å². The number of benzene rings is 1. The number of hydrogen-bond donors (Lipinski definition) is 0. The van der Waals surface area contributed by atoms with Gasteiger partial charge in [0.1, 0.15) is 5.78 Å². The largest absolute Gasteiger partial charge is 0.298 e. The molecule has 20 heavy (non-hydrogen) atoms. The van der Waals surface area contributed by atoms with Gasteiger partial charge in [-0.3, -0.25) is 9.00 Å². The fourth-order valence-electron chi connectivity index (χ4n) is 2.82. The van der Waals surface area contributed by atoms with Gasteiger partial charge in [-0.1, -0.05) is 38.5 Å². The Hall–Kier alpha value is -0.960. The highest BCUT2D eigenvalue weighted by molar-refractivity contribution is 7.86. The molecule has 0 heterocycles. The summed E-state index contributed by atoms with van der Waals surface area (Å²) in [4.78, 5) is 12.9. The number of rotatable bonds is 2. The lowest BCUT2D eigenvalue weighted by Crippen LogP contribution is -2.37. The van der Waals surface area contributed by atoms with Gasteiger partial charge in [-0.25, -0.2) is 0 Å². The Kier molecular flexibility index (Phi) is 4.48. The van der Waals surface area contributed by atoms with Crippen molar-refractivity contribution in [1.29, 1.82) is 0 Å². The van der Waals surface area contributed by atoms with Crippen molar-refractivity contribution in [2.24, 2.45) is 11.3 Å². The van der Waals surface area contributed by atoms with Crippen LogP contribution in [-0.2, 0) is 15.6 Å². The number of aryl methyl sites for hydroxylation is 1. The molecule has 3 atom stereocenters. The SMILES string of the molecule is Cc1ccc(S(=O)[C@H]2C[C@H](C(C)(C)C)CCC2=O)cc1. The van der Waals surface area contributed by atoms with E-state index < -0.39 is 10.8 Å². The summed E-state index contributed by atoms with van der Waals surface area (Å²) in [6, 6.07) is 7.70. The molecule has 2 rings (SSSR count). The Morgan fingerprint density at radius 2 is 1.75 bits per heavy atom. The second-order valence-corrected chi connectivity index (χ2v) is 8.54. The molecule has 2 nitrogen and oxygen atoms in total. The average Bonchev–Trinajstić information content (AvgIpc) is 2.38. The van der Waals surface area contributed by atoms with Gasteiger partial charge in [-0.2, -0.15) is 0 Å². The predicted molar refractivity (Wildman–Crippen MR) is 83.2 cm³/mol. The molecular formula is C17H24O2S. The standard InChI is InChI=1S/C17H24O2S/c1-12-5-8-14(9-6-12)20(19)16-11-13(17(2,3)4)7-10-15(16)18/h5-6,8-9,13,16H,7,10-11H2,1-4H3/t13-,16+,20?/m1/s1. The zero-order chi connectivity index (χ0) is 14.9. The van der Waals surface area contributed by atoms with Gasteiger partial charge in [0.25, 0.3) is 0 Å². The smallest absolute Gasteiger partial charge is 0.148 e. The highest BCUT2D eigenvalue weighted by Gasteiger charge is 2.38. The summed E-state index contributed by atoms with van der Waals surface area (Å²) in [6.07, 6.45) is 2.26. The Balaban J connectivity index is 2.19. The van der Waals surface area contributed by atoms with Gasteiger partial charge in [-0.15, -0.1) is 0 Å². The third-order valence-corrected chi connectivity index (χ3v) is 6.04. The number of Topliss-reactive ketones (excluding diaryl/α,β-unsaturated/α-hetero) is 1. The predicted octanol–water partition coefficient (Wildman–Crippen LogP) is 3.89. The Morgan fingerprint density at radius 1 is 1.15 bits per heavy atom. The van der Waals surface area contributed by atoms with Gasteiger partial charge >= 0.3 is 0 Å². The van der Waals surface area contributed by atoms with Gasteiger partial charge in [0.05, 0.1) is 16.0 Å². The first-order chi connectivity index (χ1) is 9.29. The van der Waals surface area contributed by atoms with Crippen LogP contribution in [0.2, 0.25) is 0 Å². The monoisotopic (exact) mass is 292 g/mol. The minimum absolute atomic E-state index is 0.171. The maximum Gasteiger partial charge on any atom is 0.148 e. The first-order valence-corrected chi connectivity index (χ1v) is 8.50. The Labute approximate surface area is 124 Å². The molecule has 1 aromatic carbocycles. The van der Waals surface area contributed by atoms with Crippen LogP contribution in [0.1, 0.15) is 45.6 Å². The third-order valence-electron chi connectivity index (χ3n) is 4.33. The maximum atomic E-state index is 12.7. The summed E-state index contributed by atoms with van der Waals surface area (Å²) < 4.78 is 12.7. The second kappa shape index (κ2) is 5.80. The van der Waals surface area contributed by atoms with Crippen molar-refractivity contribution in [3.05, 3.63) is 29.8 Å². The lowest BCUT2D eigenvalue weighted by Gasteiger charge is -2.36. The molecule has 1 aromatic rings. The molecule has 0 amide bonds. The van der Waals surface area contributed by atoms with Crippen LogP contribution in [0.5, 0.6) is 0 Å². The Morgan fingerprint density at radius 3 is 2.30 bits per heavy atom. The van der Waals surface area contributed by atoms with Crippen molar-refractivity contribution in [3.8, 4) is 0 Å².